The maximum atomic E-state index is 5.65. The highest BCUT2D eigenvalue weighted by Crippen LogP contribution is 2.44. The molecule has 1 aliphatic carbocycles. The molecule has 0 radical (unpaired) electrons. The third-order valence-corrected chi connectivity index (χ3v) is 4.57. The summed E-state index contributed by atoms with van der Waals surface area (Å²) in [5, 5.41) is 0. The Labute approximate surface area is 89.1 Å². The molecule has 4 heteroatoms. The number of hydrogen-bond donors (Lipinski definition) is 1. The average molecular weight is 211 g/mol. The summed E-state index contributed by atoms with van der Waals surface area (Å²) >= 11 is 1.99. The minimum absolute atomic E-state index is 0.463. The SMILES string of the molecule is CSC1(Cn2cncc2CN)CCC1. The van der Waals surface area contributed by atoms with Gasteiger partial charge in [-0.3, -0.25) is 0 Å². The molecule has 78 valence electrons. The summed E-state index contributed by atoms with van der Waals surface area (Å²) in [5.41, 5.74) is 6.79. The van der Waals surface area contributed by atoms with Gasteiger partial charge in [0.1, 0.15) is 0 Å². The Morgan fingerprint density at radius 3 is 2.93 bits per heavy atom. The second-order valence-corrected chi connectivity index (χ2v) is 5.23. The molecule has 0 unspecified atom stereocenters. The van der Waals surface area contributed by atoms with E-state index in [1.54, 1.807) is 0 Å². The van der Waals surface area contributed by atoms with Crippen LogP contribution in [0.2, 0.25) is 0 Å². The normalized spacial score (nSPS) is 19.3. The highest BCUT2D eigenvalue weighted by atomic mass is 32.2. The highest BCUT2D eigenvalue weighted by Gasteiger charge is 2.36. The topological polar surface area (TPSA) is 43.8 Å². The molecule has 14 heavy (non-hydrogen) atoms. The number of rotatable bonds is 4. The Kier molecular flexibility index (Phi) is 2.83. The third kappa shape index (κ3) is 1.68. The van der Waals surface area contributed by atoms with Crippen LogP contribution >= 0.6 is 11.8 Å². The maximum Gasteiger partial charge on any atom is 0.0949 e. The Bertz CT molecular complexity index is 299. The lowest BCUT2D eigenvalue weighted by atomic mass is 9.84. The summed E-state index contributed by atoms with van der Waals surface area (Å²) in [6.45, 7) is 1.66. The first-order chi connectivity index (χ1) is 6.79. The molecule has 1 heterocycles. The molecule has 2 rings (SSSR count). The molecule has 0 bridgehead atoms. The van der Waals surface area contributed by atoms with E-state index >= 15 is 0 Å². The van der Waals surface area contributed by atoms with Crippen LogP contribution in [0.3, 0.4) is 0 Å². The number of nitrogens with zero attached hydrogens (tertiary/aromatic N) is 2. The lowest BCUT2D eigenvalue weighted by Gasteiger charge is -2.40. The van der Waals surface area contributed by atoms with Crippen molar-refractivity contribution in [2.45, 2.75) is 37.1 Å². The van der Waals surface area contributed by atoms with E-state index in [1.165, 1.54) is 19.3 Å². The van der Waals surface area contributed by atoms with Crippen LogP contribution in [-0.4, -0.2) is 20.6 Å². The summed E-state index contributed by atoms with van der Waals surface area (Å²) in [5.74, 6) is 0. The van der Waals surface area contributed by atoms with E-state index in [0.717, 1.165) is 12.2 Å². The number of imidazole rings is 1. The van der Waals surface area contributed by atoms with Gasteiger partial charge in [-0.25, -0.2) is 4.98 Å². The van der Waals surface area contributed by atoms with Crippen molar-refractivity contribution in [3.05, 3.63) is 18.2 Å². The van der Waals surface area contributed by atoms with Gasteiger partial charge >= 0.3 is 0 Å². The number of nitrogens with two attached hydrogens (primary N) is 1. The Morgan fingerprint density at radius 1 is 1.64 bits per heavy atom. The molecule has 1 aromatic heterocycles. The van der Waals surface area contributed by atoms with Crippen molar-refractivity contribution in [3.63, 3.8) is 0 Å². The fraction of sp³-hybridized carbons (Fsp3) is 0.700. The van der Waals surface area contributed by atoms with E-state index in [1.807, 2.05) is 24.3 Å². The zero-order chi connectivity index (χ0) is 10.0. The van der Waals surface area contributed by atoms with Gasteiger partial charge < -0.3 is 10.3 Å². The van der Waals surface area contributed by atoms with Crippen LogP contribution in [0.4, 0.5) is 0 Å². The van der Waals surface area contributed by atoms with Gasteiger partial charge in [-0.1, -0.05) is 6.42 Å². The van der Waals surface area contributed by atoms with E-state index in [4.69, 9.17) is 5.73 Å². The van der Waals surface area contributed by atoms with Crippen LogP contribution in [0.1, 0.15) is 25.0 Å². The Hall–Kier alpha value is -0.480. The van der Waals surface area contributed by atoms with Crippen molar-refractivity contribution in [1.29, 1.82) is 0 Å². The highest BCUT2D eigenvalue weighted by molar-refractivity contribution is 8.00. The van der Waals surface area contributed by atoms with Gasteiger partial charge in [0.15, 0.2) is 0 Å². The molecule has 1 aliphatic rings. The van der Waals surface area contributed by atoms with Crippen LogP contribution < -0.4 is 5.73 Å². The summed E-state index contributed by atoms with van der Waals surface area (Å²) in [4.78, 5) is 4.14. The standard InChI is InChI=1S/C10H17N3S/c1-14-10(3-2-4-10)7-13-8-12-6-9(13)5-11/h6,8H,2-5,7,11H2,1H3. The van der Waals surface area contributed by atoms with Crippen molar-refractivity contribution in [3.8, 4) is 0 Å². The van der Waals surface area contributed by atoms with Crippen molar-refractivity contribution in [1.82, 2.24) is 9.55 Å². The predicted molar refractivity (Wildman–Crippen MR) is 60.2 cm³/mol. The largest absolute Gasteiger partial charge is 0.332 e. The second kappa shape index (κ2) is 3.95. The van der Waals surface area contributed by atoms with Crippen LogP contribution in [0.25, 0.3) is 0 Å². The molecule has 2 N–H and O–H groups in total. The van der Waals surface area contributed by atoms with E-state index < -0.39 is 0 Å². The average Bonchev–Trinajstić information content (AvgIpc) is 2.58. The minimum atomic E-state index is 0.463. The Morgan fingerprint density at radius 2 is 2.43 bits per heavy atom. The molecular weight excluding hydrogens is 194 g/mol. The van der Waals surface area contributed by atoms with Crippen molar-refractivity contribution in [2.75, 3.05) is 6.26 Å². The van der Waals surface area contributed by atoms with Gasteiger partial charge in [-0.2, -0.15) is 11.8 Å². The number of hydrogen-bond acceptors (Lipinski definition) is 3. The molecule has 0 aliphatic heterocycles. The molecule has 0 spiro atoms. The van der Waals surface area contributed by atoms with Gasteiger partial charge in [0, 0.05) is 24.0 Å². The quantitative estimate of drug-likeness (QED) is 0.823. The predicted octanol–water partition coefficient (Wildman–Crippen LogP) is 1.63. The van der Waals surface area contributed by atoms with Crippen molar-refractivity contribution in [2.24, 2.45) is 5.73 Å². The molecule has 1 aromatic rings. The van der Waals surface area contributed by atoms with E-state index in [2.05, 4.69) is 15.8 Å². The lowest BCUT2D eigenvalue weighted by molar-refractivity contribution is 0.319. The maximum absolute atomic E-state index is 5.65. The van der Waals surface area contributed by atoms with Gasteiger partial charge in [0.05, 0.1) is 12.0 Å². The van der Waals surface area contributed by atoms with E-state index in [0.29, 0.717) is 11.3 Å². The van der Waals surface area contributed by atoms with Gasteiger partial charge in [-0.15, -0.1) is 0 Å². The van der Waals surface area contributed by atoms with Crippen LogP contribution in [0, 0.1) is 0 Å². The fourth-order valence-electron chi connectivity index (χ4n) is 1.97. The molecular formula is C10H17N3S. The van der Waals surface area contributed by atoms with Gasteiger partial charge in [-0.05, 0) is 19.1 Å². The van der Waals surface area contributed by atoms with Crippen LogP contribution in [0.5, 0.6) is 0 Å². The van der Waals surface area contributed by atoms with E-state index in [-0.39, 0.29) is 0 Å². The summed E-state index contributed by atoms with van der Waals surface area (Å²) < 4.78 is 2.67. The first kappa shape index (κ1) is 10.1. The third-order valence-electron chi connectivity index (χ3n) is 3.16. The zero-order valence-electron chi connectivity index (χ0n) is 8.57. The lowest BCUT2D eigenvalue weighted by Crippen LogP contribution is -2.38. The van der Waals surface area contributed by atoms with Crippen molar-refractivity contribution >= 4 is 11.8 Å². The fourth-order valence-corrected chi connectivity index (χ4v) is 2.93. The first-order valence-electron chi connectivity index (χ1n) is 5.04. The minimum Gasteiger partial charge on any atom is -0.332 e. The zero-order valence-corrected chi connectivity index (χ0v) is 9.39. The van der Waals surface area contributed by atoms with Gasteiger partial charge in [0.2, 0.25) is 0 Å². The molecule has 0 aromatic carbocycles. The molecule has 0 atom stereocenters. The number of aromatic nitrogens is 2. The Balaban J connectivity index is 2.09. The second-order valence-electron chi connectivity index (χ2n) is 3.96. The van der Waals surface area contributed by atoms with E-state index in [9.17, 15) is 0 Å². The number of thioether (sulfide) groups is 1. The van der Waals surface area contributed by atoms with Crippen molar-refractivity contribution < 1.29 is 0 Å². The molecule has 0 saturated heterocycles. The molecule has 1 saturated carbocycles. The smallest absolute Gasteiger partial charge is 0.0949 e. The first-order valence-corrected chi connectivity index (χ1v) is 6.26. The molecule has 0 amide bonds. The molecule has 1 fully saturated rings. The van der Waals surface area contributed by atoms with Crippen LogP contribution in [0.15, 0.2) is 12.5 Å². The molecule has 3 nitrogen and oxygen atoms in total. The van der Waals surface area contributed by atoms with Crippen LogP contribution in [-0.2, 0) is 13.1 Å². The van der Waals surface area contributed by atoms with Gasteiger partial charge in [0.25, 0.3) is 0 Å². The summed E-state index contributed by atoms with van der Waals surface area (Å²) in [6, 6.07) is 0. The summed E-state index contributed by atoms with van der Waals surface area (Å²) in [7, 11) is 0. The summed E-state index contributed by atoms with van der Waals surface area (Å²) in [6.07, 6.45) is 10.0. The monoisotopic (exact) mass is 211 g/mol.